The van der Waals surface area contributed by atoms with E-state index in [-0.39, 0.29) is 18.6 Å². The summed E-state index contributed by atoms with van der Waals surface area (Å²) in [7, 11) is 1.18. The summed E-state index contributed by atoms with van der Waals surface area (Å²) in [6, 6.07) is 10.9. The number of halogens is 2. The Bertz CT molecular complexity index is 826. The number of esters is 1. The van der Waals surface area contributed by atoms with Crippen LogP contribution in [0.3, 0.4) is 0 Å². The molecule has 0 bridgehead atoms. The van der Waals surface area contributed by atoms with Gasteiger partial charge in [0.05, 0.1) is 19.1 Å². The summed E-state index contributed by atoms with van der Waals surface area (Å²) in [5, 5.41) is 2.05. The first kappa shape index (κ1) is 20.3. The van der Waals surface area contributed by atoms with Crippen LogP contribution in [0.2, 0.25) is 0 Å². The van der Waals surface area contributed by atoms with Gasteiger partial charge in [-0.05, 0) is 18.6 Å². The number of benzene rings is 2. The number of rotatable bonds is 6. The quantitative estimate of drug-likeness (QED) is 0.752. The van der Waals surface area contributed by atoms with Crippen molar-refractivity contribution < 1.29 is 27.8 Å². The van der Waals surface area contributed by atoms with Crippen LogP contribution < -0.4 is 11.1 Å². The molecule has 0 spiro atoms. The molecule has 0 heterocycles. The smallest absolute Gasteiger partial charge is 0.412 e. The Balaban J connectivity index is 2.16. The van der Waals surface area contributed by atoms with Crippen LogP contribution in [0, 0.1) is 11.6 Å². The highest BCUT2D eigenvalue weighted by molar-refractivity contribution is 5.85. The van der Waals surface area contributed by atoms with Gasteiger partial charge < -0.3 is 15.2 Å². The first-order valence-corrected chi connectivity index (χ1v) is 8.06. The molecule has 0 saturated carbocycles. The molecule has 8 heteroatoms. The summed E-state index contributed by atoms with van der Waals surface area (Å²) in [6.07, 6.45) is -1.36. The fourth-order valence-electron chi connectivity index (χ4n) is 2.44. The van der Waals surface area contributed by atoms with E-state index in [0.29, 0.717) is 0 Å². The summed E-state index contributed by atoms with van der Waals surface area (Å²) >= 11 is 0. The van der Waals surface area contributed by atoms with Gasteiger partial charge in [0.2, 0.25) is 0 Å². The van der Waals surface area contributed by atoms with Gasteiger partial charge in [0.1, 0.15) is 18.1 Å². The van der Waals surface area contributed by atoms with E-state index in [2.05, 4.69) is 4.74 Å². The molecule has 0 aliphatic rings. The van der Waals surface area contributed by atoms with Crippen molar-refractivity contribution in [2.75, 3.05) is 12.4 Å². The zero-order chi connectivity index (χ0) is 20.0. The Morgan fingerprint density at radius 3 is 2.44 bits per heavy atom. The minimum absolute atomic E-state index is 0.0629. The number of carbonyl (C=O) groups excluding carboxylic acids is 2. The highest BCUT2D eigenvalue weighted by atomic mass is 19.1. The molecule has 2 aromatic carbocycles. The third kappa shape index (κ3) is 5.24. The highest BCUT2D eigenvalue weighted by Gasteiger charge is 2.31. The number of hydrogen-bond donors (Lipinski definition) is 2. The fourth-order valence-corrected chi connectivity index (χ4v) is 2.44. The van der Waals surface area contributed by atoms with E-state index in [4.69, 9.17) is 10.5 Å². The van der Waals surface area contributed by atoms with Crippen molar-refractivity contribution in [3.8, 4) is 0 Å². The Hall–Kier alpha value is -3.00. The highest BCUT2D eigenvalue weighted by Crippen LogP contribution is 2.31. The summed E-state index contributed by atoms with van der Waals surface area (Å²) in [6.45, 7) is 1.34. The van der Waals surface area contributed by atoms with E-state index in [0.717, 1.165) is 17.7 Å². The van der Waals surface area contributed by atoms with E-state index >= 15 is 0 Å². The molecule has 2 rings (SSSR count). The first-order valence-electron chi connectivity index (χ1n) is 8.06. The lowest BCUT2D eigenvalue weighted by atomic mass is 9.89. The van der Waals surface area contributed by atoms with Gasteiger partial charge in [-0.3, -0.25) is 10.1 Å². The predicted molar refractivity (Wildman–Crippen MR) is 94.8 cm³/mol. The molecule has 6 nitrogen and oxygen atoms in total. The number of anilines is 1. The van der Waals surface area contributed by atoms with Crippen LogP contribution in [-0.2, 0) is 26.4 Å². The largest absolute Gasteiger partial charge is 0.469 e. The molecular formula is C19H20F2N2O4. The number of methoxy groups -OCH3 is 1. The van der Waals surface area contributed by atoms with Gasteiger partial charge >= 0.3 is 12.1 Å². The van der Waals surface area contributed by atoms with Crippen molar-refractivity contribution in [3.63, 3.8) is 0 Å². The van der Waals surface area contributed by atoms with Crippen LogP contribution in [0.4, 0.5) is 19.3 Å². The average molecular weight is 378 g/mol. The predicted octanol–water partition coefficient (Wildman–Crippen LogP) is 3.45. The van der Waals surface area contributed by atoms with Crippen LogP contribution in [0.15, 0.2) is 42.5 Å². The molecule has 0 radical (unpaired) electrons. The van der Waals surface area contributed by atoms with Crippen LogP contribution in [0.5, 0.6) is 0 Å². The van der Waals surface area contributed by atoms with Crippen molar-refractivity contribution >= 4 is 17.7 Å². The van der Waals surface area contributed by atoms with E-state index in [9.17, 15) is 18.4 Å². The monoisotopic (exact) mass is 378 g/mol. The third-order valence-electron chi connectivity index (χ3n) is 3.89. The maximum Gasteiger partial charge on any atom is 0.412 e. The van der Waals surface area contributed by atoms with Crippen LogP contribution in [0.1, 0.15) is 24.5 Å². The number of hydrogen-bond acceptors (Lipinski definition) is 5. The second-order valence-corrected chi connectivity index (χ2v) is 6.14. The number of amides is 1. The Labute approximate surface area is 155 Å². The Morgan fingerprint density at radius 1 is 1.15 bits per heavy atom. The Morgan fingerprint density at radius 2 is 1.81 bits per heavy atom. The van der Waals surface area contributed by atoms with Crippen LogP contribution in [0.25, 0.3) is 0 Å². The van der Waals surface area contributed by atoms with Gasteiger partial charge in [-0.2, -0.15) is 0 Å². The number of ether oxygens (including phenoxy) is 2. The van der Waals surface area contributed by atoms with Crippen molar-refractivity contribution in [2.45, 2.75) is 25.5 Å². The summed E-state index contributed by atoms with van der Waals surface area (Å²) in [4.78, 5) is 23.4. The fraction of sp³-hybridized carbons (Fsp3) is 0.263. The molecule has 1 atom stereocenters. The number of nitrogens with one attached hydrogen (secondary N) is 1. The number of nitrogens with two attached hydrogens (primary N) is 1. The molecule has 0 aliphatic heterocycles. The van der Waals surface area contributed by atoms with Crippen molar-refractivity contribution in [1.29, 1.82) is 0 Å². The van der Waals surface area contributed by atoms with Gasteiger partial charge in [0.15, 0.2) is 5.82 Å². The van der Waals surface area contributed by atoms with E-state index in [1.54, 1.807) is 30.3 Å². The average Bonchev–Trinajstić information content (AvgIpc) is 2.63. The van der Waals surface area contributed by atoms with Gasteiger partial charge in [-0.15, -0.1) is 0 Å². The standard InChI is InChI=1S/C19H20F2N2O4/c1-19(22,10-15(24)26-2)13-8-9-14(20)17(16(13)21)23-18(25)27-11-12-6-4-3-5-7-12/h3-9H,10-11,22H2,1-2H3,(H,23,25)/t19-/m0/s1. The third-order valence-corrected chi connectivity index (χ3v) is 3.89. The number of carbonyl (C=O) groups is 2. The molecule has 1 amide bonds. The van der Waals surface area contributed by atoms with Crippen molar-refractivity contribution in [2.24, 2.45) is 5.73 Å². The molecule has 2 aromatic rings. The van der Waals surface area contributed by atoms with E-state index < -0.39 is 34.9 Å². The maximum atomic E-state index is 14.8. The second kappa shape index (κ2) is 8.59. The van der Waals surface area contributed by atoms with Gasteiger partial charge in [-0.1, -0.05) is 36.4 Å². The minimum Gasteiger partial charge on any atom is -0.469 e. The molecule has 27 heavy (non-hydrogen) atoms. The molecule has 0 unspecified atom stereocenters. The summed E-state index contributed by atoms with van der Waals surface area (Å²) < 4.78 is 38.3. The van der Waals surface area contributed by atoms with Gasteiger partial charge in [0, 0.05) is 5.56 Å². The lowest BCUT2D eigenvalue weighted by Crippen LogP contribution is -2.37. The molecule has 0 aliphatic carbocycles. The lowest BCUT2D eigenvalue weighted by Gasteiger charge is -2.25. The lowest BCUT2D eigenvalue weighted by molar-refractivity contribution is -0.142. The first-order chi connectivity index (χ1) is 12.7. The second-order valence-electron chi connectivity index (χ2n) is 6.14. The molecular weight excluding hydrogens is 358 g/mol. The van der Waals surface area contributed by atoms with Gasteiger partial charge in [-0.25, -0.2) is 13.6 Å². The zero-order valence-corrected chi connectivity index (χ0v) is 14.9. The van der Waals surface area contributed by atoms with E-state index in [1.807, 2.05) is 5.32 Å². The zero-order valence-electron chi connectivity index (χ0n) is 14.9. The van der Waals surface area contributed by atoms with E-state index in [1.165, 1.54) is 14.0 Å². The molecule has 3 N–H and O–H groups in total. The van der Waals surface area contributed by atoms with Crippen molar-refractivity contribution in [1.82, 2.24) is 0 Å². The molecule has 144 valence electrons. The maximum absolute atomic E-state index is 14.8. The van der Waals surface area contributed by atoms with Crippen LogP contribution in [-0.4, -0.2) is 19.2 Å². The van der Waals surface area contributed by atoms with Crippen LogP contribution >= 0.6 is 0 Å². The molecule has 0 aromatic heterocycles. The normalized spacial score (nSPS) is 12.8. The Kier molecular flexibility index (Phi) is 6.46. The summed E-state index contributed by atoms with van der Waals surface area (Å²) in [5.41, 5.74) is 4.40. The topological polar surface area (TPSA) is 90.6 Å². The summed E-state index contributed by atoms with van der Waals surface area (Å²) in [5.74, 6) is -2.73. The minimum atomic E-state index is -1.46. The van der Waals surface area contributed by atoms with Crippen molar-refractivity contribution in [3.05, 3.63) is 65.2 Å². The van der Waals surface area contributed by atoms with Gasteiger partial charge in [0.25, 0.3) is 0 Å². The molecule has 0 fully saturated rings. The molecule has 0 saturated heterocycles. The SMILES string of the molecule is COC(=O)C[C@](C)(N)c1ccc(F)c(NC(=O)OCc2ccccc2)c1F.